The van der Waals surface area contributed by atoms with Gasteiger partial charge in [0.05, 0.1) is 5.52 Å². The average Bonchev–Trinajstić information content (AvgIpc) is 2.81. The van der Waals surface area contributed by atoms with Crippen LogP contribution in [0.25, 0.3) is 22.2 Å². The lowest BCUT2D eigenvalue weighted by Gasteiger charge is -2.19. The number of benzene rings is 2. The fraction of sp³-hybridized carbons (Fsp3) is 0.300. The molecule has 1 heterocycles. The van der Waals surface area contributed by atoms with Gasteiger partial charge in [-0.3, -0.25) is 9.88 Å². The Balaban J connectivity index is 1.86. The summed E-state index contributed by atoms with van der Waals surface area (Å²) in [6.07, 6.45) is -0.492. The number of anilines is 1. The summed E-state index contributed by atoms with van der Waals surface area (Å²) < 4.78 is 12.0. The number of carbonyl (C=O) groups is 1. The molecule has 136 valence electrons. The Morgan fingerprint density at radius 1 is 1.12 bits per heavy atom. The van der Waals surface area contributed by atoms with E-state index < -0.39 is 11.7 Å². The molecule has 1 amide bonds. The molecule has 0 fully saturated rings. The second-order valence-corrected chi connectivity index (χ2v) is 7.27. The molecule has 0 spiro atoms. The second-order valence-electron chi connectivity index (χ2n) is 7.27. The number of rotatable bonds is 2. The van der Waals surface area contributed by atoms with Gasteiger partial charge in [0, 0.05) is 12.7 Å². The van der Waals surface area contributed by atoms with Gasteiger partial charge in [-0.25, -0.2) is 9.59 Å². The minimum absolute atomic E-state index is 0.378. The maximum atomic E-state index is 11.8. The number of nitrogens with one attached hydrogen (secondary N) is 1. The Morgan fingerprint density at radius 2 is 1.77 bits per heavy atom. The van der Waals surface area contributed by atoms with Gasteiger partial charge in [-0.2, -0.15) is 0 Å². The molecule has 0 radical (unpaired) electrons. The number of hydrogen-bond acceptors (Lipinski definition) is 4. The zero-order chi connectivity index (χ0) is 19.1. The second kappa shape index (κ2) is 6.37. The molecule has 6 heteroatoms. The summed E-state index contributed by atoms with van der Waals surface area (Å²) >= 11 is 0. The lowest BCUT2D eigenvalue weighted by atomic mass is 10.0. The number of nitrogens with zero attached hydrogens (tertiary/aromatic N) is 1. The summed E-state index contributed by atoms with van der Waals surface area (Å²) in [6.45, 7) is 7.39. The van der Waals surface area contributed by atoms with Gasteiger partial charge in [-0.1, -0.05) is 12.1 Å². The summed E-state index contributed by atoms with van der Waals surface area (Å²) in [5.74, 6) is -0.378. The van der Waals surface area contributed by atoms with E-state index in [9.17, 15) is 9.59 Å². The molecule has 0 atom stereocenters. The van der Waals surface area contributed by atoms with Gasteiger partial charge >= 0.3 is 11.8 Å². The van der Waals surface area contributed by atoms with Crippen molar-refractivity contribution in [3.05, 3.63) is 52.5 Å². The minimum Gasteiger partial charge on any atom is -0.444 e. The highest BCUT2D eigenvalue weighted by Crippen LogP contribution is 2.28. The third-order valence-corrected chi connectivity index (χ3v) is 3.94. The van der Waals surface area contributed by atoms with Gasteiger partial charge < -0.3 is 9.15 Å². The predicted octanol–water partition coefficient (Wildman–Crippen LogP) is 4.45. The smallest absolute Gasteiger partial charge is 0.419 e. The molecule has 0 saturated carbocycles. The monoisotopic (exact) mass is 354 g/mol. The largest absolute Gasteiger partial charge is 0.444 e. The maximum absolute atomic E-state index is 11.8. The SMILES string of the molecule is Cc1cc(-c2ccc(NC(=O)OC(C)(C)C)cc2)cc2oc(=O)n(C)c12. The molecule has 6 nitrogen and oxygen atoms in total. The third kappa shape index (κ3) is 3.64. The highest BCUT2D eigenvalue weighted by molar-refractivity contribution is 5.86. The molecule has 2 aromatic carbocycles. The van der Waals surface area contributed by atoms with Gasteiger partial charge in [-0.05, 0) is 68.7 Å². The summed E-state index contributed by atoms with van der Waals surface area (Å²) in [4.78, 5) is 23.6. The summed E-state index contributed by atoms with van der Waals surface area (Å²) in [6, 6.07) is 11.3. The molecule has 3 aromatic rings. The highest BCUT2D eigenvalue weighted by atomic mass is 16.6. The van der Waals surface area contributed by atoms with Crippen molar-refractivity contribution < 1.29 is 13.9 Å². The van der Waals surface area contributed by atoms with E-state index in [1.54, 1.807) is 19.2 Å². The molecule has 1 N–H and O–H groups in total. The quantitative estimate of drug-likeness (QED) is 0.738. The number of fused-ring (bicyclic) bond motifs is 1. The van der Waals surface area contributed by atoms with Crippen LogP contribution in [0, 0.1) is 6.92 Å². The molecule has 0 aliphatic heterocycles. The van der Waals surface area contributed by atoms with E-state index >= 15 is 0 Å². The van der Waals surface area contributed by atoms with E-state index in [1.807, 2.05) is 52.0 Å². The number of carbonyl (C=O) groups excluding carboxylic acids is 1. The van der Waals surface area contributed by atoms with Crippen LogP contribution in [0.2, 0.25) is 0 Å². The zero-order valence-corrected chi connectivity index (χ0v) is 15.5. The highest BCUT2D eigenvalue weighted by Gasteiger charge is 2.16. The lowest BCUT2D eigenvalue weighted by molar-refractivity contribution is 0.0636. The fourth-order valence-electron chi connectivity index (χ4n) is 2.84. The van der Waals surface area contributed by atoms with Gasteiger partial charge in [0.15, 0.2) is 5.58 Å². The van der Waals surface area contributed by atoms with Crippen molar-refractivity contribution in [3.63, 3.8) is 0 Å². The summed E-state index contributed by atoms with van der Waals surface area (Å²) in [5.41, 5.74) is 4.31. The minimum atomic E-state index is -0.545. The number of amides is 1. The van der Waals surface area contributed by atoms with Gasteiger partial charge in [0.2, 0.25) is 0 Å². The Morgan fingerprint density at radius 3 is 2.38 bits per heavy atom. The van der Waals surface area contributed by atoms with Crippen LogP contribution in [0.3, 0.4) is 0 Å². The Kier molecular flexibility index (Phi) is 4.36. The van der Waals surface area contributed by atoms with Crippen LogP contribution in [0.4, 0.5) is 10.5 Å². The van der Waals surface area contributed by atoms with Crippen LogP contribution in [-0.2, 0) is 11.8 Å². The van der Waals surface area contributed by atoms with Crippen LogP contribution >= 0.6 is 0 Å². The fourth-order valence-corrected chi connectivity index (χ4v) is 2.84. The molecular weight excluding hydrogens is 332 g/mol. The first-order valence-electron chi connectivity index (χ1n) is 8.35. The average molecular weight is 354 g/mol. The van der Waals surface area contributed by atoms with E-state index in [2.05, 4.69) is 5.32 Å². The molecule has 0 unspecified atom stereocenters. The number of oxazole rings is 1. The summed E-state index contributed by atoms with van der Waals surface area (Å²) in [7, 11) is 1.69. The first-order chi connectivity index (χ1) is 12.1. The number of hydrogen-bond donors (Lipinski definition) is 1. The van der Waals surface area contributed by atoms with Crippen LogP contribution in [0.15, 0.2) is 45.6 Å². The molecule has 1 aromatic heterocycles. The van der Waals surface area contributed by atoms with Crippen LogP contribution in [0.5, 0.6) is 0 Å². The topological polar surface area (TPSA) is 73.5 Å². The van der Waals surface area contributed by atoms with E-state index in [0.29, 0.717) is 11.3 Å². The van der Waals surface area contributed by atoms with E-state index in [4.69, 9.17) is 9.15 Å². The van der Waals surface area contributed by atoms with Crippen molar-refractivity contribution >= 4 is 22.9 Å². The van der Waals surface area contributed by atoms with Gasteiger partial charge in [0.1, 0.15) is 5.60 Å². The molecule has 0 bridgehead atoms. The molecule has 0 aliphatic carbocycles. The lowest BCUT2D eigenvalue weighted by Crippen LogP contribution is -2.27. The van der Waals surface area contributed by atoms with Crippen molar-refractivity contribution in [1.29, 1.82) is 0 Å². The number of ether oxygens (including phenoxy) is 1. The number of aryl methyl sites for hydroxylation is 2. The molecule has 0 aliphatic rings. The maximum Gasteiger partial charge on any atom is 0.419 e. The van der Waals surface area contributed by atoms with Crippen molar-refractivity contribution in [2.45, 2.75) is 33.3 Å². The van der Waals surface area contributed by atoms with Crippen molar-refractivity contribution in [1.82, 2.24) is 4.57 Å². The van der Waals surface area contributed by atoms with Gasteiger partial charge in [-0.15, -0.1) is 0 Å². The van der Waals surface area contributed by atoms with E-state index in [0.717, 1.165) is 22.2 Å². The molecular formula is C20H22N2O4. The van der Waals surface area contributed by atoms with Crippen molar-refractivity contribution in [3.8, 4) is 11.1 Å². The Bertz CT molecular complexity index is 1020. The molecule has 0 saturated heterocycles. The molecule has 26 heavy (non-hydrogen) atoms. The standard InChI is InChI=1S/C20H22N2O4/c1-12-10-14(11-16-17(12)22(5)19(24)25-16)13-6-8-15(9-7-13)21-18(23)26-20(2,3)4/h6-11H,1-5H3,(H,21,23). The van der Waals surface area contributed by atoms with Crippen LogP contribution in [0.1, 0.15) is 26.3 Å². The van der Waals surface area contributed by atoms with Gasteiger partial charge in [0.25, 0.3) is 0 Å². The van der Waals surface area contributed by atoms with Crippen molar-refractivity contribution in [2.24, 2.45) is 7.05 Å². The summed E-state index contributed by atoms with van der Waals surface area (Å²) in [5, 5.41) is 2.70. The van der Waals surface area contributed by atoms with Crippen molar-refractivity contribution in [2.75, 3.05) is 5.32 Å². The zero-order valence-electron chi connectivity index (χ0n) is 15.5. The first-order valence-corrected chi connectivity index (χ1v) is 8.35. The van der Waals surface area contributed by atoms with Crippen LogP contribution in [-0.4, -0.2) is 16.3 Å². The van der Waals surface area contributed by atoms with E-state index in [-0.39, 0.29) is 5.76 Å². The Hall–Kier alpha value is -3.02. The Labute approximate surface area is 151 Å². The third-order valence-electron chi connectivity index (χ3n) is 3.94. The van der Waals surface area contributed by atoms with Crippen LogP contribution < -0.4 is 11.1 Å². The normalized spacial score (nSPS) is 11.6. The number of aromatic nitrogens is 1. The first kappa shape index (κ1) is 17.8. The van der Waals surface area contributed by atoms with E-state index in [1.165, 1.54) is 4.57 Å². The molecule has 3 rings (SSSR count). The predicted molar refractivity (Wildman–Crippen MR) is 101 cm³/mol.